The highest BCUT2D eigenvalue weighted by Gasteiger charge is 2.54. The lowest BCUT2D eigenvalue weighted by Crippen LogP contribution is -2.58. The second-order valence-corrected chi connectivity index (χ2v) is 51.3. The van der Waals surface area contributed by atoms with E-state index in [9.17, 15) is 5.11 Å². The molecular formula is C132H198N8O2. The SMILES string of the molecule is CC(C)C#CC1(O)CCCCC1.CC(C)c1ccc(CC2CC3CN(C)CC3C2)cc1.CC(C)c1ccc(CN2CC3(CCC3)C2)cc1.CC(C)c1ccc(CN2CCC3(CCC3)CC2)cc1.CC(C)c1ccc(CN2CCC3(CCO3)CC2)cc1.CC(C)c1ccc(CN2CCC3CN(C)CC32)cc1.CC(C)c1ccc(CN2CCCC3(CCC3)C2)cc1.CCC1C2CN(Cc3ccc(C(C)C)cc3)CC12. The molecule has 7 aromatic carbocycles. The number of fused-ring (bicyclic) bond motifs is 3. The molecule has 15 fully saturated rings. The van der Waals surface area contributed by atoms with Crippen LogP contribution in [0, 0.1) is 75.4 Å². The van der Waals surface area contributed by atoms with Gasteiger partial charge in [0.1, 0.15) is 5.60 Å². The maximum atomic E-state index is 9.95. The second-order valence-electron chi connectivity index (χ2n) is 51.3. The molecule has 6 saturated carbocycles. The van der Waals surface area contributed by atoms with E-state index in [1.807, 2.05) is 0 Å². The van der Waals surface area contributed by atoms with Crippen molar-refractivity contribution in [3.63, 3.8) is 0 Å². The van der Waals surface area contributed by atoms with Crippen molar-refractivity contribution in [2.24, 2.45) is 63.6 Å². The first kappa shape index (κ1) is 110. The third-order valence-corrected chi connectivity index (χ3v) is 37.3. The first-order valence-corrected chi connectivity index (χ1v) is 58.5. The maximum Gasteiger partial charge on any atom is 0.125 e. The lowest BCUT2D eigenvalue weighted by atomic mass is 9.63. The van der Waals surface area contributed by atoms with E-state index < -0.39 is 5.60 Å². The van der Waals surface area contributed by atoms with Gasteiger partial charge in [0.25, 0.3) is 0 Å². The molecule has 778 valence electrons. The smallest absolute Gasteiger partial charge is 0.125 e. The number of rotatable bonds is 22. The summed E-state index contributed by atoms with van der Waals surface area (Å²) in [7, 11) is 4.53. The van der Waals surface area contributed by atoms with Gasteiger partial charge in [-0.25, -0.2) is 0 Å². The van der Waals surface area contributed by atoms with Gasteiger partial charge in [0.05, 0.1) is 12.2 Å². The van der Waals surface area contributed by atoms with Gasteiger partial charge in [-0.15, -0.1) is 0 Å². The summed E-state index contributed by atoms with van der Waals surface area (Å²) in [5.74, 6) is 17.9. The highest BCUT2D eigenvalue weighted by atomic mass is 16.5. The lowest BCUT2D eigenvalue weighted by Gasteiger charge is -2.56. The van der Waals surface area contributed by atoms with Crippen LogP contribution in [-0.4, -0.2) is 180 Å². The second kappa shape index (κ2) is 51.3. The van der Waals surface area contributed by atoms with Crippen LogP contribution in [0.3, 0.4) is 0 Å². The Labute approximate surface area is 868 Å². The number of hydrogen-bond acceptors (Lipinski definition) is 10. The Morgan fingerprint density at radius 2 is 0.669 bits per heavy atom. The Balaban J connectivity index is 0.000000123. The van der Waals surface area contributed by atoms with Crippen molar-refractivity contribution in [2.75, 3.05) is 119 Å². The molecule has 10 heteroatoms. The van der Waals surface area contributed by atoms with Crippen LogP contribution in [0.25, 0.3) is 0 Å². The minimum absolute atomic E-state index is 0.276. The monoisotopic (exact) mass is 1930 g/mol. The molecule has 9 aliphatic heterocycles. The summed E-state index contributed by atoms with van der Waals surface area (Å²) in [4.78, 5) is 20.8. The van der Waals surface area contributed by atoms with E-state index >= 15 is 0 Å². The molecular weight excluding hydrogens is 1730 g/mol. The van der Waals surface area contributed by atoms with Gasteiger partial charge in [-0.2, -0.15) is 0 Å². The lowest BCUT2D eigenvalue weighted by molar-refractivity contribution is -0.173. The molecule has 22 rings (SSSR count). The van der Waals surface area contributed by atoms with Crippen molar-refractivity contribution in [3.05, 3.63) is 248 Å². The van der Waals surface area contributed by atoms with Gasteiger partial charge in [0.15, 0.2) is 0 Å². The average molecular weight is 1930 g/mol. The molecule has 0 bridgehead atoms. The van der Waals surface area contributed by atoms with Crippen LogP contribution in [0.4, 0.5) is 0 Å². The number of benzene rings is 7. The summed E-state index contributed by atoms with van der Waals surface area (Å²) in [5, 5.41) is 9.95. The van der Waals surface area contributed by atoms with Crippen LogP contribution in [0.15, 0.2) is 170 Å². The standard InChI is InChI=1S/3C18H27N.C17H26N2.C17H25NO.C17H25N.C16H23N.C11H18O/c1-15(2)17-7-5-16(6-8-17)13-19-12-4-11-18(14-19)9-3-10-18;1-13(2)16-6-4-14(5-7-16)8-15-9-17-11-19(3)12-18(17)10-15;1-15(2)17-6-4-16(5-7-17)14-19-12-10-18(11-13-19)8-3-9-18;1-13(2)15-6-4-14(5-7-15)10-19-9-8-16-11-18(3)12-17(16)19;1-14(2)16-5-3-15(4-6-16)13-18-10-7-17(8-11-18)9-12-19-17;1-4-15-16-10-18(11-17(15)16)9-13-5-7-14(8-6-13)12(2)3;1-13(2)15-6-4-14(5-7-15)10-17-11-16(12-17)8-3-9-16;1-10(2)6-9-11(12)7-4-3-5-8-11/h5-8,15H,3-4,9-14H2,1-2H3;4-7,13,15,17-18H,8-12H2,1-3H3;4-7,15H,3,8-14H2,1-2H3;4-7,13,16-17H,8-12H2,1-3H3;3-6,14H,7-13H2,1-2H3;5-8,12,15-17H,4,9-11H2,1-3H3;4-7,13H,3,8-12H2,1-2H3;10,12H,3-5,7-8H2,1-2H3. The van der Waals surface area contributed by atoms with E-state index in [2.05, 4.69) is 353 Å². The van der Waals surface area contributed by atoms with Crippen molar-refractivity contribution in [1.82, 2.24) is 39.2 Å². The van der Waals surface area contributed by atoms with Gasteiger partial charge in [-0.05, 0) is 352 Å². The molecule has 7 aromatic rings. The number of hydrogen-bond donors (Lipinski definition) is 1. The molecule has 6 unspecified atom stereocenters. The van der Waals surface area contributed by atoms with Gasteiger partial charge >= 0.3 is 0 Å². The van der Waals surface area contributed by atoms with E-state index in [0.29, 0.717) is 47.3 Å². The predicted molar refractivity (Wildman–Crippen MR) is 602 cm³/mol. The molecule has 142 heavy (non-hydrogen) atoms. The molecule has 9 saturated heterocycles. The zero-order valence-corrected chi connectivity index (χ0v) is 93.3. The topological polar surface area (TPSA) is 55.4 Å². The van der Waals surface area contributed by atoms with Crippen LogP contribution >= 0.6 is 0 Å². The Morgan fingerprint density at radius 3 is 1.04 bits per heavy atom. The molecule has 0 aromatic heterocycles. The summed E-state index contributed by atoms with van der Waals surface area (Å²) in [5.41, 5.74) is 22.4. The van der Waals surface area contributed by atoms with Gasteiger partial charge in [-0.3, -0.25) is 29.4 Å². The van der Waals surface area contributed by atoms with E-state index in [0.717, 1.165) is 135 Å². The van der Waals surface area contributed by atoms with Gasteiger partial charge in [-0.1, -0.05) is 332 Å². The highest BCUT2D eigenvalue weighted by Crippen LogP contribution is 2.55. The van der Waals surface area contributed by atoms with Crippen molar-refractivity contribution >= 4 is 0 Å². The molecule has 0 radical (unpaired) electrons. The first-order chi connectivity index (χ1) is 68.2. The first-order valence-electron chi connectivity index (χ1n) is 58.5. The van der Waals surface area contributed by atoms with Gasteiger partial charge in [0.2, 0.25) is 0 Å². The van der Waals surface area contributed by atoms with Crippen LogP contribution in [0.2, 0.25) is 0 Å². The minimum Gasteiger partial charge on any atom is -0.378 e. The molecule has 4 spiro atoms. The zero-order valence-electron chi connectivity index (χ0n) is 93.3. The zero-order chi connectivity index (χ0) is 100. The molecule has 9 heterocycles. The van der Waals surface area contributed by atoms with E-state index in [4.69, 9.17) is 4.74 Å². The van der Waals surface area contributed by atoms with Crippen LogP contribution in [0.1, 0.15) is 398 Å². The molecule has 6 aliphatic carbocycles. The van der Waals surface area contributed by atoms with Crippen LogP contribution < -0.4 is 0 Å². The summed E-state index contributed by atoms with van der Waals surface area (Å²) >= 11 is 0. The summed E-state index contributed by atoms with van der Waals surface area (Å²) in [6.45, 7) is 65.4. The summed E-state index contributed by atoms with van der Waals surface area (Å²) in [6.07, 6.45) is 35.1. The molecule has 0 amide bonds. The van der Waals surface area contributed by atoms with Crippen LogP contribution in [0.5, 0.6) is 0 Å². The fourth-order valence-corrected chi connectivity index (χ4v) is 27.0. The fourth-order valence-electron chi connectivity index (χ4n) is 27.0. The van der Waals surface area contributed by atoms with E-state index in [1.165, 1.54) is 312 Å². The van der Waals surface area contributed by atoms with Crippen molar-refractivity contribution < 1.29 is 9.84 Å². The molecule has 10 nitrogen and oxygen atoms in total. The Hall–Kier alpha value is -6.30. The number of ether oxygens (including phenoxy) is 1. The Kier molecular flexibility index (Phi) is 39.7. The fraction of sp³-hybridized carbons (Fsp3) is 0.667. The number of likely N-dealkylation sites (tertiary alicyclic amines) is 8. The third kappa shape index (κ3) is 31.2. The number of nitrogens with zero attached hydrogens (tertiary/aromatic N) is 8. The van der Waals surface area contributed by atoms with Gasteiger partial charge < -0.3 is 19.6 Å². The number of likely N-dealkylation sites (N-methyl/N-ethyl adjacent to an activating group) is 1. The minimum atomic E-state index is -0.650. The predicted octanol–water partition coefficient (Wildman–Crippen LogP) is 29.6. The van der Waals surface area contributed by atoms with Crippen LogP contribution in [-0.2, 0) is 50.4 Å². The van der Waals surface area contributed by atoms with Gasteiger partial charge in [0, 0.05) is 123 Å². The van der Waals surface area contributed by atoms with Crippen molar-refractivity contribution in [1.29, 1.82) is 0 Å². The summed E-state index contributed by atoms with van der Waals surface area (Å²) in [6, 6.07) is 65.5. The maximum absolute atomic E-state index is 9.95. The summed E-state index contributed by atoms with van der Waals surface area (Å²) < 4.78 is 5.77. The molecule has 15 aliphatic rings. The van der Waals surface area contributed by atoms with E-state index in [1.54, 1.807) is 5.56 Å². The number of piperidine rings is 4. The van der Waals surface area contributed by atoms with Crippen molar-refractivity contribution in [2.45, 2.75) is 383 Å². The quantitative estimate of drug-likeness (QED) is 0.0664. The molecule has 1 N–H and O–H groups in total. The third-order valence-electron chi connectivity index (χ3n) is 37.3. The Morgan fingerprint density at radius 1 is 0.324 bits per heavy atom. The van der Waals surface area contributed by atoms with E-state index in [-0.39, 0.29) is 5.60 Å². The highest BCUT2D eigenvalue weighted by molar-refractivity contribution is 5.32. The largest absolute Gasteiger partial charge is 0.378 e. The average Bonchev–Trinajstić information content (AvgIpc) is 1.61. The number of aliphatic hydroxyl groups is 1. The Bertz CT molecular complexity index is 4800. The van der Waals surface area contributed by atoms with Crippen molar-refractivity contribution in [3.8, 4) is 11.8 Å². The normalized spacial score (nSPS) is 25.5. The molecule has 6 atom stereocenters.